The lowest BCUT2D eigenvalue weighted by atomic mass is 10.0. The van der Waals surface area contributed by atoms with E-state index in [4.69, 9.17) is 14.2 Å². The van der Waals surface area contributed by atoms with Crippen molar-refractivity contribution in [1.29, 1.82) is 0 Å². The molecule has 1 atom stereocenters. The van der Waals surface area contributed by atoms with Gasteiger partial charge in [0.15, 0.2) is 0 Å². The molecular formula is C13H23N3O3. The van der Waals surface area contributed by atoms with Crippen LogP contribution >= 0.6 is 0 Å². The van der Waals surface area contributed by atoms with Crippen molar-refractivity contribution in [2.24, 2.45) is 7.05 Å². The lowest BCUT2D eigenvalue weighted by Gasteiger charge is -2.26. The van der Waals surface area contributed by atoms with Crippen LogP contribution in [0.1, 0.15) is 17.7 Å². The van der Waals surface area contributed by atoms with Crippen LogP contribution in [0.4, 0.5) is 0 Å². The second-order valence-electron chi connectivity index (χ2n) is 4.99. The van der Waals surface area contributed by atoms with E-state index in [-0.39, 0.29) is 5.60 Å². The molecule has 0 aliphatic carbocycles. The van der Waals surface area contributed by atoms with E-state index in [1.54, 1.807) is 18.9 Å². The van der Waals surface area contributed by atoms with Gasteiger partial charge in [0.1, 0.15) is 5.60 Å². The van der Waals surface area contributed by atoms with Gasteiger partial charge in [-0.15, -0.1) is 0 Å². The third-order valence-electron chi connectivity index (χ3n) is 3.73. The number of aryl methyl sites for hydroxylation is 2. The lowest BCUT2D eigenvalue weighted by molar-refractivity contribution is -0.0159. The fourth-order valence-electron chi connectivity index (χ4n) is 2.52. The highest BCUT2D eigenvalue weighted by atomic mass is 16.5. The fraction of sp³-hybridized carbons (Fsp3) is 0.769. The minimum Gasteiger partial charge on any atom is -0.481 e. The van der Waals surface area contributed by atoms with E-state index in [2.05, 4.69) is 10.4 Å². The molecule has 19 heavy (non-hydrogen) atoms. The third-order valence-corrected chi connectivity index (χ3v) is 3.73. The van der Waals surface area contributed by atoms with Gasteiger partial charge in [-0.1, -0.05) is 0 Å². The zero-order valence-electron chi connectivity index (χ0n) is 12.2. The molecule has 0 bridgehead atoms. The van der Waals surface area contributed by atoms with Gasteiger partial charge in [-0.3, -0.25) is 0 Å². The zero-order valence-corrected chi connectivity index (χ0v) is 12.2. The Morgan fingerprint density at radius 1 is 1.47 bits per heavy atom. The van der Waals surface area contributed by atoms with Crippen LogP contribution in [0.3, 0.4) is 0 Å². The second-order valence-corrected chi connectivity index (χ2v) is 4.99. The van der Waals surface area contributed by atoms with Gasteiger partial charge in [-0.25, -0.2) is 4.68 Å². The minimum absolute atomic E-state index is 0.191. The maximum atomic E-state index is 5.59. The van der Waals surface area contributed by atoms with E-state index in [0.717, 1.165) is 36.7 Å². The van der Waals surface area contributed by atoms with Crippen LogP contribution in [0.2, 0.25) is 0 Å². The van der Waals surface area contributed by atoms with Gasteiger partial charge in [0.2, 0.25) is 5.88 Å². The molecular weight excluding hydrogens is 246 g/mol. The van der Waals surface area contributed by atoms with Gasteiger partial charge in [-0.2, -0.15) is 5.10 Å². The molecule has 1 saturated heterocycles. The smallest absolute Gasteiger partial charge is 0.216 e. The van der Waals surface area contributed by atoms with Crippen LogP contribution in [0.5, 0.6) is 5.88 Å². The van der Waals surface area contributed by atoms with Crippen molar-refractivity contribution in [2.75, 3.05) is 34.0 Å². The topological polar surface area (TPSA) is 57.5 Å². The molecule has 1 N–H and O–H groups in total. The highest BCUT2D eigenvalue weighted by molar-refractivity contribution is 5.30. The van der Waals surface area contributed by atoms with Crippen molar-refractivity contribution >= 4 is 0 Å². The quantitative estimate of drug-likeness (QED) is 0.821. The maximum absolute atomic E-state index is 5.59. The van der Waals surface area contributed by atoms with Crippen LogP contribution < -0.4 is 10.1 Å². The molecule has 1 aromatic rings. The first-order valence-electron chi connectivity index (χ1n) is 6.52. The van der Waals surface area contributed by atoms with Crippen molar-refractivity contribution in [1.82, 2.24) is 15.1 Å². The molecule has 0 radical (unpaired) electrons. The fourth-order valence-corrected chi connectivity index (χ4v) is 2.52. The molecule has 1 fully saturated rings. The standard InChI is InChI=1S/C13H23N3O3/c1-10-11(12(17-3)16(2)15-10)7-14-8-13(18-4)5-6-19-9-13/h14H,5-9H2,1-4H3. The van der Waals surface area contributed by atoms with Crippen molar-refractivity contribution < 1.29 is 14.2 Å². The van der Waals surface area contributed by atoms with E-state index < -0.39 is 0 Å². The summed E-state index contributed by atoms with van der Waals surface area (Å²) >= 11 is 0. The predicted octanol–water partition coefficient (Wildman–Crippen LogP) is 0.632. The van der Waals surface area contributed by atoms with E-state index in [1.807, 2.05) is 14.0 Å². The molecule has 1 aromatic heterocycles. The molecule has 0 saturated carbocycles. The Morgan fingerprint density at radius 2 is 2.26 bits per heavy atom. The first kappa shape index (κ1) is 14.3. The molecule has 2 rings (SSSR count). The summed E-state index contributed by atoms with van der Waals surface area (Å²) in [5.41, 5.74) is 1.89. The summed E-state index contributed by atoms with van der Waals surface area (Å²) in [6.07, 6.45) is 0.930. The average molecular weight is 269 g/mol. The largest absolute Gasteiger partial charge is 0.481 e. The van der Waals surface area contributed by atoms with Crippen LogP contribution in [0, 0.1) is 6.92 Å². The monoisotopic (exact) mass is 269 g/mol. The van der Waals surface area contributed by atoms with E-state index >= 15 is 0 Å². The predicted molar refractivity (Wildman–Crippen MR) is 71.4 cm³/mol. The van der Waals surface area contributed by atoms with Crippen LogP contribution in [-0.4, -0.2) is 49.4 Å². The number of ether oxygens (including phenoxy) is 3. The molecule has 2 heterocycles. The van der Waals surface area contributed by atoms with Crippen molar-refractivity contribution in [2.45, 2.75) is 25.5 Å². The molecule has 6 nitrogen and oxygen atoms in total. The molecule has 0 spiro atoms. The van der Waals surface area contributed by atoms with Crippen molar-refractivity contribution in [3.63, 3.8) is 0 Å². The molecule has 1 unspecified atom stereocenters. The Balaban J connectivity index is 1.95. The van der Waals surface area contributed by atoms with Gasteiger partial charge in [0.25, 0.3) is 0 Å². The van der Waals surface area contributed by atoms with Gasteiger partial charge in [0.05, 0.1) is 25.0 Å². The highest BCUT2D eigenvalue weighted by Crippen LogP contribution is 2.23. The van der Waals surface area contributed by atoms with Crippen LogP contribution in [-0.2, 0) is 23.1 Å². The number of aromatic nitrogens is 2. The van der Waals surface area contributed by atoms with Gasteiger partial charge in [-0.05, 0) is 6.92 Å². The molecule has 0 aromatic carbocycles. The highest BCUT2D eigenvalue weighted by Gasteiger charge is 2.34. The summed E-state index contributed by atoms with van der Waals surface area (Å²) in [4.78, 5) is 0. The van der Waals surface area contributed by atoms with Crippen LogP contribution in [0.25, 0.3) is 0 Å². The summed E-state index contributed by atoms with van der Waals surface area (Å²) < 4.78 is 18.1. The molecule has 1 aliphatic rings. The van der Waals surface area contributed by atoms with E-state index in [0.29, 0.717) is 13.2 Å². The molecule has 1 aliphatic heterocycles. The summed E-state index contributed by atoms with van der Waals surface area (Å²) in [7, 11) is 5.30. The molecule has 0 amide bonds. The molecule has 108 valence electrons. The molecule has 6 heteroatoms. The van der Waals surface area contributed by atoms with E-state index in [1.165, 1.54) is 0 Å². The Kier molecular flexibility index (Phi) is 4.44. The summed E-state index contributed by atoms with van der Waals surface area (Å²) in [6, 6.07) is 0. The number of rotatable bonds is 6. The number of hydrogen-bond acceptors (Lipinski definition) is 5. The normalized spacial score (nSPS) is 22.9. The van der Waals surface area contributed by atoms with Gasteiger partial charge in [0, 0.05) is 40.3 Å². The first-order valence-corrected chi connectivity index (χ1v) is 6.52. The Hall–Kier alpha value is -1.11. The number of nitrogens with one attached hydrogen (secondary N) is 1. The summed E-state index contributed by atoms with van der Waals surface area (Å²) in [5.74, 6) is 0.805. The minimum atomic E-state index is -0.191. The first-order chi connectivity index (χ1) is 9.12. The third kappa shape index (κ3) is 2.91. The number of nitrogens with zero attached hydrogens (tertiary/aromatic N) is 2. The average Bonchev–Trinajstić information content (AvgIpc) is 2.96. The zero-order chi connectivity index (χ0) is 13.9. The number of methoxy groups -OCH3 is 2. The second kappa shape index (κ2) is 5.90. The Labute approximate surface area is 114 Å². The summed E-state index contributed by atoms with van der Waals surface area (Å²) in [6.45, 7) is 4.89. The van der Waals surface area contributed by atoms with Crippen molar-refractivity contribution in [3.8, 4) is 5.88 Å². The maximum Gasteiger partial charge on any atom is 0.216 e. The van der Waals surface area contributed by atoms with Crippen molar-refractivity contribution in [3.05, 3.63) is 11.3 Å². The number of hydrogen-bond donors (Lipinski definition) is 1. The SMILES string of the molecule is COc1c(CNCC2(OC)CCOC2)c(C)nn1C. The summed E-state index contributed by atoms with van der Waals surface area (Å²) in [5, 5.41) is 7.79. The Morgan fingerprint density at radius 3 is 2.84 bits per heavy atom. The van der Waals surface area contributed by atoms with Gasteiger partial charge < -0.3 is 19.5 Å². The van der Waals surface area contributed by atoms with Crippen LogP contribution in [0.15, 0.2) is 0 Å². The van der Waals surface area contributed by atoms with E-state index in [9.17, 15) is 0 Å². The van der Waals surface area contributed by atoms with Gasteiger partial charge >= 0.3 is 0 Å². The Bertz CT molecular complexity index is 425. The lowest BCUT2D eigenvalue weighted by Crippen LogP contribution is -2.42.